The quantitative estimate of drug-likeness (QED) is 0.817. The van der Waals surface area contributed by atoms with Crippen LogP contribution in [0.3, 0.4) is 0 Å². The highest BCUT2D eigenvalue weighted by Gasteiger charge is 2.26. The van der Waals surface area contributed by atoms with Gasteiger partial charge in [-0.3, -0.25) is 0 Å². The summed E-state index contributed by atoms with van der Waals surface area (Å²) in [5.74, 6) is 0. The molecule has 5 nitrogen and oxygen atoms in total. The second-order valence-electron chi connectivity index (χ2n) is 7.14. The Kier molecular flexibility index (Phi) is 6.94. The lowest BCUT2D eigenvalue weighted by Crippen LogP contribution is -2.43. The molecule has 1 amide bonds. The molecule has 0 aromatic carbocycles. The Morgan fingerprint density at radius 2 is 2.05 bits per heavy atom. The largest absolute Gasteiger partial charge is 0.444 e. The molecule has 0 aromatic heterocycles. The third kappa shape index (κ3) is 6.66. The molecule has 0 bridgehead atoms. The fourth-order valence-electron chi connectivity index (χ4n) is 2.64. The Hall–Kier alpha value is -0.810. The molecule has 1 saturated heterocycles. The van der Waals surface area contributed by atoms with Crippen molar-refractivity contribution in [1.82, 2.24) is 15.1 Å². The first-order chi connectivity index (χ1) is 9.73. The molecule has 1 aliphatic heterocycles. The Morgan fingerprint density at radius 1 is 1.38 bits per heavy atom. The van der Waals surface area contributed by atoms with Crippen molar-refractivity contribution in [2.75, 3.05) is 33.2 Å². The van der Waals surface area contributed by atoms with E-state index in [1.807, 2.05) is 20.8 Å². The summed E-state index contributed by atoms with van der Waals surface area (Å²) in [6.45, 7) is 13.4. The number of hydrogen-bond acceptors (Lipinski definition) is 4. The number of amides is 1. The minimum atomic E-state index is -0.430. The van der Waals surface area contributed by atoms with Crippen LogP contribution in [0, 0.1) is 0 Å². The van der Waals surface area contributed by atoms with Crippen molar-refractivity contribution in [2.45, 2.75) is 65.1 Å². The highest BCUT2D eigenvalue weighted by atomic mass is 16.6. The van der Waals surface area contributed by atoms with Crippen LogP contribution in [0.15, 0.2) is 0 Å². The summed E-state index contributed by atoms with van der Waals surface area (Å²) in [5.41, 5.74) is -0.430. The highest BCUT2D eigenvalue weighted by molar-refractivity contribution is 5.68. The van der Waals surface area contributed by atoms with Gasteiger partial charge in [0.2, 0.25) is 0 Å². The van der Waals surface area contributed by atoms with Gasteiger partial charge in [0.15, 0.2) is 0 Å². The molecular weight excluding hydrogens is 266 g/mol. The first kappa shape index (κ1) is 18.2. The molecule has 21 heavy (non-hydrogen) atoms. The van der Waals surface area contributed by atoms with E-state index in [2.05, 4.69) is 31.1 Å². The number of nitrogens with zero attached hydrogens (tertiary/aromatic N) is 2. The molecular formula is C16H33N3O2. The van der Waals surface area contributed by atoms with E-state index in [0.29, 0.717) is 18.6 Å². The van der Waals surface area contributed by atoms with Gasteiger partial charge in [0.1, 0.15) is 5.60 Å². The third-order valence-corrected chi connectivity index (χ3v) is 3.85. The van der Waals surface area contributed by atoms with Crippen LogP contribution >= 0.6 is 0 Å². The van der Waals surface area contributed by atoms with Crippen LogP contribution in [0.2, 0.25) is 0 Å². The van der Waals surface area contributed by atoms with Crippen LogP contribution in [0.5, 0.6) is 0 Å². The van der Waals surface area contributed by atoms with Crippen molar-refractivity contribution in [1.29, 1.82) is 0 Å². The van der Waals surface area contributed by atoms with E-state index < -0.39 is 5.60 Å². The third-order valence-electron chi connectivity index (χ3n) is 3.85. The van der Waals surface area contributed by atoms with Gasteiger partial charge in [-0.05, 0) is 47.6 Å². The average Bonchev–Trinajstić information content (AvgIpc) is 2.65. The number of likely N-dealkylation sites (N-methyl/N-ethyl adjacent to an activating group) is 1. The molecule has 5 heteroatoms. The summed E-state index contributed by atoms with van der Waals surface area (Å²) in [4.78, 5) is 16.3. The Morgan fingerprint density at radius 3 is 2.52 bits per heavy atom. The molecule has 0 saturated carbocycles. The van der Waals surface area contributed by atoms with Crippen molar-refractivity contribution in [2.24, 2.45) is 0 Å². The molecule has 0 radical (unpaired) electrons. The van der Waals surface area contributed by atoms with Gasteiger partial charge in [0.05, 0.1) is 0 Å². The maximum absolute atomic E-state index is 12.1. The summed E-state index contributed by atoms with van der Waals surface area (Å²) in [5, 5.41) is 3.56. The fraction of sp³-hybridized carbons (Fsp3) is 0.938. The lowest BCUT2D eigenvalue weighted by Gasteiger charge is -2.27. The topological polar surface area (TPSA) is 44.8 Å². The molecule has 0 spiro atoms. The molecule has 0 aliphatic carbocycles. The van der Waals surface area contributed by atoms with E-state index in [1.54, 1.807) is 4.90 Å². The lowest BCUT2D eigenvalue weighted by atomic mass is 10.2. The molecule has 1 fully saturated rings. The number of nitrogens with one attached hydrogen (secondary N) is 1. The second kappa shape index (κ2) is 7.99. The Labute approximate surface area is 130 Å². The lowest BCUT2D eigenvalue weighted by molar-refractivity contribution is 0.0251. The van der Waals surface area contributed by atoms with E-state index in [0.717, 1.165) is 26.1 Å². The maximum Gasteiger partial charge on any atom is 0.410 e. The number of hydrogen-bond donors (Lipinski definition) is 1. The summed E-state index contributed by atoms with van der Waals surface area (Å²) in [6.07, 6.45) is 1.92. The number of likely N-dealkylation sites (tertiary alicyclic amines) is 1. The molecule has 1 heterocycles. The van der Waals surface area contributed by atoms with E-state index in [4.69, 9.17) is 4.74 Å². The summed E-state index contributed by atoms with van der Waals surface area (Å²) >= 11 is 0. The Balaban J connectivity index is 2.36. The van der Waals surface area contributed by atoms with Crippen molar-refractivity contribution in [3.05, 3.63) is 0 Å². The van der Waals surface area contributed by atoms with Crippen molar-refractivity contribution < 1.29 is 9.53 Å². The number of rotatable bonds is 6. The van der Waals surface area contributed by atoms with Crippen LogP contribution in [0.25, 0.3) is 0 Å². The number of ether oxygens (including phenoxy) is 1. The summed E-state index contributed by atoms with van der Waals surface area (Å²) in [7, 11) is 2.16. The van der Waals surface area contributed by atoms with Crippen molar-refractivity contribution >= 4 is 6.09 Å². The van der Waals surface area contributed by atoms with E-state index in [-0.39, 0.29) is 6.09 Å². The SMILES string of the molecule is CCCN(CCNC1CC(C)N(C)C1)C(=O)OC(C)(C)C. The minimum Gasteiger partial charge on any atom is -0.444 e. The van der Waals surface area contributed by atoms with Crippen molar-refractivity contribution in [3.63, 3.8) is 0 Å². The Bertz CT molecular complexity index is 318. The first-order valence-electron chi connectivity index (χ1n) is 8.14. The van der Waals surface area contributed by atoms with Gasteiger partial charge in [0.25, 0.3) is 0 Å². The smallest absolute Gasteiger partial charge is 0.410 e. The number of carbonyl (C=O) groups is 1. The van der Waals surface area contributed by atoms with Crippen LogP contribution in [-0.2, 0) is 4.74 Å². The van der Waals surface area contributed by atoms with Gasteiger partial charge in [-0.1, -0.05) is 6.92 Å². The van der Waals surface area contributed by atoms with Gasteiger partial charge < -0.3 is 19.9 Å². The molecule has 1 rings (SSSR count). The normalized spacial score (nSPS) is 23.3. The number of carbonyl (C=O) groups excluding carboxylic acids is 1. The molecule has 124 valence electrons. The standard InChI is InChI=1S/C16H33N3O2/c1-7-9-19(15(20)21-16(3,4)5)10-8-17-14-11-13(2)18(6)12-14/h13-14,17H,7-12H2,1-6H3. The summed E-state index contributed by atoms with van der Waals surface area (Å²) in [6, 6.07) is 1.17. The van der Waals surface area contributed by atoms with Crippen LogP contribution < -0.4 is 5.32 Å². The van der Waals surface area contributed by atoms with Crippen LogP contribution in [0.1, 0.15) is 47.5 Å². The van der Waals surface area contributed by atoms with Gasteiger partial charge in [-0.15, -0.1) is 0 Å². The predicted molar refractivity (Wildman–Crippen MR) is 86.6 cm³/mol. The first-order valence-corrected chi connectivity index (χ1v) is 8.14. The van der Waals surface area contributed by atoms with E-state index in [1.165, 1.54) is 6.42 Å². The van der Waals surface area contributed by atoms with Gasteiger partial charge in [0, 0.05) is 38.3 Å². The van der Waals surface area contributed by atoms with E-state index >= 15 is 0 Å². The van der Waals surface area contributed by atoms with Crippen LogP contribution in [0.4, 0.5) is 4.79 Å². The molecule has 0 aromatic rings. The predicted octanol–water partition coefficient (Wildman–Crippen LogP) is 2.32. The minimum absolute atomic E-state index is 0.206. The highest BCUT2D eigenvalue weighted by Crippen LogP contribution is 2.14. The zero-order valence-corrected chi connectivity index (χ0v) is 14.6. The zero-order chi connectivity index (χ0) is 16.0. The summed E-state index contributed by atoms with van der Waals surface area (Å²) < 4.78 is 5.46. The van der Waals surface area contributed by atoms with Gasteiger partial charge >= 0.3 is 6.09 Å². The fourth-order valence-corrected chi connectivity index (χ4v) is 2.64. The molecule has 1 aliphatic rings. The van der Waals surface area contributed by atoms with Gasteiger partial charge in [-0.25, -0.2) is 4.79 Å². The van der Waals surface area contributed by atoms with Crippen LogP contribution in [-0.4, -0.2) is 66.8 Å². The molecule has 2 unspecified atom stereocenters. The maximum atomic E-state index is 12.1. The second-order valence-corrected chi connectivity index (χ2v) is 7.14. The zero-order valence-electron chi connectivity index (χ0n) is 14.6. The average molecular weight is 299 g/mol. The monoisotopic (exact) mass is 299 g/mol. The van der Waals surface area contributed by atoms with E-state index in [9.17, 15) is 4.79 Å². The molecule has 2 atom stereocenters. The van der Waals surface area contributed by atoms with Crippen molar-refractivity contribution in [3.8, 4) is 0 Å². The molecule has 1 N–H and O–H groups in total. The van der Waals surface area contributed by atoms with Gasteiger partial charge in [-0.2, -0.15) is 0 Å².